The van der Waals surface area contributed by atoms with Gasteiger partial charge in [-0.1, -0.05) is 250 Å². The monoisotopic (exact) mass is 911 g/mol. The van der Waals surface area contributed by atoms with Crippen LogP contribution in [0.25, 0.3) is 0 Å². The summed E-state index contributed by atoms with van der Waals surface area (Å²) in [6.07, 6.45) is 56.8. The van der Waals surface area contributed by atoms with Crippen LogP contribution in [0.5, 0.6) is 0 Å². The minimum atomic E-state index is -4.60. The Hall–Kier alpha value is -1.02. The van der Waals surface area contributed by atoms with Crippen LogP contribution in [0.15, 0.2) is 24.3 Å². The SMILES string of the molecule is CCCCCCCCCCCCCCCCCCCCCCC/C=C/CC/C=C/C(O)C(COP(=O)([O-])OCC[N+](C)(C)C)NC(=O)CCCCCCCCCCCCCCCC. The minimum Gasteiger partial charge on any atom is -0.756 e. The number of aliphatic hydroxyl groups is 1. The molecule has 0 spiro atoms. The Morgan fingerprint density at radius 3 is 1.29 bits per heavy atom. The Labute approximate surface area is 392 Å². The molecule has 2 N–H and O–H groups in total. The van der Waals surface area contributed by atoms with E-state index in [-0.39, 0.29) is 19.1 Å². The second-order valence-corrected chi connectivity index (χ2v) is 21.3. The number of nitrogens with one attached hydrogen (secondary N) is 1. The summed E-state index contributed by atoms with van der Waals surface area (Å²) in [4.78, 5) is 25.4. The maximum atomic E-state index is 12.9. The number of unbranched alkanes of at least 4 members (excludes halogenated alkanes) is 35. The number of hydrogen-bond acceptors (Lipinski definition) is 6. The summed E-state index contributed by atoms with van der Waals surface area (Å²) in [7, 11) is 1.25. The summed E-state index contributed by atoms with van der Waals surface area (Å²) in [6.45, 7) is 4.66. The van der Waals surface area contributed by atoms with Gasteiger partial charge in [0.1, 0.15) is 13.2 Å². The van der Waals surface area contributed by atoms with Crippen molar-refractivity contribution in [3.05, 3.63) is 24.3 Å². The molecule has 0 saturated heterocycles. The lowest BCUT2D eigenvalue weighted by Crippen LogP contribution is -2.45. The van der Waals surface area contributed by atoms with Gasteiger partial charge in [0.15, 0.2) is 0 Å². The fourth-order valence-corrected chi connectivity index (χ4v) is 8.84. The Kier molecular flexibility index (Phi) is 45.4. The number of quaternary nitrogens is 1. The van der Waals surface area contributed by atoms with Crippen molar-refractivity contribution in [3.63, 3.8) is 0 Å². The van der Waals surface area contributed by atoms with E-state index in [2.05, 4.69) is 31.3 Å². The normalized spacial score (nSPS) is 14.2. The van der Waals surface area contributed by atoms with E-state index in [1.165, 1.54) is 205 Å². The van der Waals surface area contributed by atoms with Gasteiger partial charge in [-0.05, 0) is 32.1 Å². The van der Waals surface area contributed by atoms with Crippen molar-refractivity contribution < 1.29 is 32.9 Å². The van der Waals surface area contributed by atoms with Crippen molar-refractivity contribution in [1.29, 1.82) is 0 Å². The van der Waals surface area contributed by atoms with Gasteiger partial charge in [0.05, 0.1) is 39.9 Å². The molecule has 0 radical (unpaired) electrons. The highest BCUT2D eigenvalue weighted by Crippen LogP contribution is 2.38. The molecule has 374 valence electrons. The van der Waals surface area contributed by atoms with Gasteiger partial charge in [-0.15, -0.1) is 0 Å². The maximum absolute atomic E-state index is 12.9. The predicted molar refractivity (Wildman–Crippen MR) is 270 cm³/mol. The zero-order valence-corrected chi connectivity index (χ0v) is 43.4. The highest BCUT2D eigenvalue weighted by molar-refractivity contribution is 7.45. The number of likely N-dealkylation sites (N-methyl/N-ethyl adjacent to an activating group) is 1. The molecule has 3 atom stereocenters. The first kappa shape index (κ1) is 62.0. The molecule has 0 rings (SSSR count). The first-order valence-electron chi connectivity index (χ1n) is 27.2. The van der Waals surface area contributed by atoms with E-state index in [1.807, 2.05) is 27.2 Å². The highest BCUT2D eigenvalue weighted by Gasteiger charge is 2.23. The zero-order valence-electron chi connectivity index (χ0n) is 42.5. The van der Waals surface area contributed by atoms with Crippen molar-refractivity contribution >= 4 is 13.7 Å². The lowest BCUT2D eigenvalue weighted by Gasteiger charge is -2.29. The topological polar surface area (TPSA) is 108 Å². The molecule has 0 saturated carbocycles. The van der Waals surface area contributed by atoms with Crippen LogP contribution < -0.4 is 10.2 Å². The van der Waals surface area contributed by atoms with E-state index >= 15 is 0 Å². The second kappa shape index (κ2) is 46.1. The number of carbonyl (C=O) groups is 1. The fourth-order valence-electron chi connectivity index (χ4n) is 8.11. The van der Waals surface area contributed by atoms with Gasteiger partial charge in [-0.3, -0.25) is 9.36 Å². The van der Waals surface area contributed by atoms with Gasteiger partial charge in [0.2, 0.25) is 5.91 Å². The molecule has 0 aromatic rings. The van der Waals surface area contributed by atoms with Crippen LogP contribution in [-0.2, 0) is 18.4 Å². The van der Waals surface area contributed by atoms with Crippen LogP contribution in [0.4, 0.5) is 0 Å². The van der Waals surface area contributed by atoms with Crippen LogP contribution >= 0.6 is 7.82 Å². The summed E-state index contributed by atoms with van der Waals surface area (Å²) in [6, 6.07) is -0.899. The number of nitrogens with zero attached hydrogens (tertiary/aromatic N) is 1. The summed E-state index contributed by atoms with van der Waals surface area (Å²) < 4.78 is 23.3. The predicted octanol–water partition coefficient (Wildman–Crippen LogP) is 15.4. The van der Waals surface area contributed by atoms with Crippen molar-refractivity contribution in [3.8, 4) is 0 Å². The third-order valence-electron chi connectivity index (χ3n) is 12.4. The molecule has 0 bridgehead atoms. The molecule has 0 aliphatic heterocycles. The average molecular weight is 911 g/mol. The van der Waals surface area contributed by atoms with E-state index in [0.29, 0.717) is 17.4 Å². The number of phosphoric ester groups is 1. The Balaban J connectivity index is 4.21. The maximum Gasteiger partial charge on any atom is 0.268 e. The largest absolute Gasteiger partial charge is 0.756 e. The third kappa shape index (κ3) is 48.7. The van der Waals surface area contributed by atoms with Crippen LogP contribution in [-0.4, -0.2) is 68.5 Å². The number of carbonyl (C=O) groups excluding carboxylic acids is 1. The lowest BCUT2D eigenvalue weighted by atomic mass is 10.0. The van der Waals surface area contributed by atoms with E-state index in [1.54, 1.807) is 6.08 Å². The van der Waals surface area contributed by atoms with Gasteiger partial charge >= 0.3 is 0 Å². The number of rotatable bonds is 50. The lowest BCUT2D eigenvalue weighted by molar-refractivity contribution is -0.870. The number of hydrogen-bond donors (Lipinski definition) is 2. The smallest absolute Gasteiger partial charge is 0.268 e. The van der Waals surface area contributed by atoms with Gasteiger partial charge in [0, 0.05) is 6.42 Å². The van der Waals surface area contributed by atoms with Crippen molar-refractivity contribution in [2.45, 2.75) is 276 Å². The van der Waals surface area contributed by atoms with Gasteiger partial charge < -0.3 is 28.8 Å². The van der Waals surface area contributed by atoms with Gasteiger partial charge in [0.25, 0.3) is 7.82 Å². The number of allylic oxidation sites excluding steroid dienone is 3. The summed E-state index contributed by atoms with van der Waals surface area (Å²) in [5.74, 6) is -0.204. The number of amides is 1. The summed E-state index contributed by atoms with van der Waals surface area (Å²) in [5.41, 5.74) is 0. The van der Waals surface area contributed by atoms with E-state index in [9.17, 15) is 19.4 Å². The quantitative estimate of drug-likeness (QED) is 0.0272. The Bertz CT molecular complexity index is 1080. The Morgan fingerprint density at radius 2 is 0.889 bits per heavy atom. The van der Waals surface area contributed by atoms with Crippen LogP contribution in [0.1, 0.15) is 264 Å². The fraction of sp³-hybridized carbons (Fsp3) is 0.907. The Morgan fingerprint density at radius 1 is 0.540 bits per heavy atom. The molecular formula is C54H107N2O6P. The molecule has 63 heavy (non-hydrogen) atoms. The summed E-state index contributed by atoms with van der Waals surface area (Å²) >= 11 is 0. The van der Waals surface area contributed by atoms with E-state index in [4.69, 9.17) is 9.05 Å². The van der Waals surface area contributed by atoms with Gasteiger partial charge in [-0.25, -0.2) is 0 Å². The van der Waals surface area contributed by atoms with E-state index in [0.717, 1.165) is 38.5 Å². The van der Waals surface area contributed by atoms with Crippen molar-refractivity contribution in [2.75, 3.05) is 40.9 Å². The first-order valence-corrected chi connectivity index (χ1v) is 28.7. The number of aliphatic hydroxyl groups excluding tert-OH is 1. The minimum absolute atomic E-state index is 0.00395. The molecule has 0 aromatic carbocycles. The molecule has 0 heterocycles. The standard InChI is InChI=1S/C54H107N2O6P/c1-6-8-10-12-14-16-18-20-22-23-24-25-26-27-28-29-30-31-32-33-34-35-37-39-41-43-45-47-53(57)52(51-62-63(59,60)61-50-49-56(3,4)5)55-54(58)48-46-44-42-40-38-36-21-19-17-15-13-11-9-7-2/h37,39,45,47,52-53,57H,6-36,38,40-44,46,48-51H2,1-5H3,(H-,55,58,59,60)/b39-37+,47-45+. The third-order valence-corrected chi connectivity index (χ3v) is 13.4. The van der Waals surface area contributed by atoms with Crippen molar-refractivity contribution in [1.82, 2.24) is 5.32 Å². The molecule has 9 heteroatoms. The van der Waals surface area contributed by atoms with Crippen LogP contribution in [0.2, 0.25) is 0 Å². The molecule has 0 aliphatic rings. The molecule has 0 aliphatic carbocycles. The average Bonchev–Trinajstić information content (AvgIpc) is 3.24. The van der Waals surface area contributed by atoms with Gasteiger partial charge in [-0.2, -0.15) is 0 Å². The molecular weight excluding hydrogens is 804 g/mol. The zero-order chi connectivity index (χ0) is 46.4. The first-order chi connectivity index (χ1) is 30.5. The molecule has 0 fully saturated rings. The highest BCUT2D eigenvalue weighted by atomic mass is 31.2. The molecule has 1 amide bonds. The van der Waals surface area contributed by atoms with Crippen LogP contribution in [0.3, 0.4) is 0 Å². The van der Waals surface area contributed by atoms with E-state index < -0.39 is 20.0 Å². The number of phosphoric acid groups is 1. The molecule has 3 unspecified atom stereocenters. The van der Waals surface area contributed by atoms with Crippen LogP contribution in [0, 0.1) is 0 Å². The molecule has 0 aromatic heterocycles. The molecule has 8 nitrogen and oxygen atoms in total. The second-order valence-electron chi connectivity index (χ2n) is 19.9. The summed E-state index contributed by atoms with van der Waals surface area (Å²) in [5, 5.41) is 13.8. The van der Waals surface area contributed by atoms with Crippen molar-refractivity contribution in [2.24, 2.45) is 0 Å².